The van der Waals surface area contributed by atoms with Crippen LogP contribution in [0.15, 0.2) is 23.8 Å². The second kappa shape index (κ2) is 2.27. The van der Waals surface area contributed by atoms with Crippen molar-refractivity contribution in [1.29, 1.82) is 0 Å². The Balaban J connectivity index is 2.74. The van der Waals surface area contributed by atoms with Gasteiger partial charge in [0.15, 0.2) is 0 Å². The van der Waals surface area contributed by atoms with Crippen molar-refractivity contribution >= 4 is 0 Å². The van der Waals surface area contributed by atoms with Gasteiger partial charge in [-0.1, -0.05) is 0 Å². The van der Waals surface area contributed by atoms with Crippen LogP contribution in [0.5, 0.6) is 0 Å². The summed E-state index contributed by atoms with van der Waals surface area (Å²) in [4.78, 5) is 0. The molecule has 0 aromatic heterocycles. The van der Waals surface area contributed by atoms with Crippen LogP contribution in [-0.4, -0.2) is 6.04 Å². The van der Waals surface area contributed by atoms with E-state index in [0.29, 0.717) is 0 Å². The van der Waals surface area contributed by atoms with Gasteiger partial charge in [-0.2, -0.15) is 0 Å². The van der Waals surface area contributed by atoms with E-state index in [9.17, 15) is 8.78 Å². The molecule has 0 aromatic carbocycles. The van der Waals surface area contributed by atoms with Crippen LogP contribution in [0.25, 0.3) is 0 Å². The van der Waals surface area contributed by atoms with Crippen molar-refractivity contribution < 1.29 is 8.78 Å². The van der Waals surface area contributed by atoms with E-state index >= 15 is 0 Å². The number of hydrogen-bond donors (Lipinski definition) is 1. The molecule has 1 aliphatic rings. The molecule has 0 amide bonds. The van der Waals surface area contributed by atoms with Crippen molar-refractivity contribution in [3.05, 3.63) is 23.8 Å². The van der Waals surface area contributed by atoms with E-state index in [1.54, 1.807) is 0 Å². The van der Waals surface area contributed by atoms with E-state index in [4.69, 9.17) is 5.73 Å². The third kappa shape index (κ3) is 1.36. The van der Waals surface area contributed by atoms with Crippen molar-refractivity contribution in [3.8, 4) is 0 Å². The first-order valence-corrected chi connectivity index (χ1v) is 2.67. The van der Waals surface area contributed by atoms with E-state index in [0.717, 1.165) is 12.2 Å². The highest BCUT2D eigenvalue weighted by Crippen LogP contribution is 2.18. The van der Waals surface area contributed by atoms with Gasteiger partial charge in [-0.05, 0) is 12.2 Å². The minimum atomic E-state index is -0.769. The first-order valence-electron chi connectivity index (χ1n) is 2.67. The average molecular weight is 131 g/mol. The Morgan fingerprint density at radius 1 is 1.44 bits per heavy atom. The molecule has 1 atom stereocenters. The van der Waals surface area contributed by atoms with Gasteiger partial charge < -0.3 is 5.73 Å². The Bertz CT molecular complexity index is 172. The van der Waals surface area contributed by atoms with Gasteiger partial charge in [-0.3, -0.25) is 0 Å². The zero-order valence-corrected chi connectivity index (χ0v) is 4.77. The molecule has 0 aromatic rings. The number of allylic oxidation sites excluding steroid dienone is 2. The molecule has 0 saturated carbocycles. The minimum absolute atomic E-state index is 0.0116. The van der Waals surface area contributed by atoms with Gasteiger partial charge in [-0.15, -0.1) is 0 Å². The summed E-state index contributed by atoms with van der Waals surface area (Å²) in [7, 11) is 0. The van der Waals surface area contributed by atoms with Gasteiger partial charge in [-0.25, -0.2) is 8.78 Å². The Hall–Kier alpha value is -0.700. The highest BCUT2D eigenvalue weighted by atomic mass is 19.1. The fourth-order valence-electron chi connectivity index (χ4n) is 0.669. The molecule has 0 spiro atoms. The minimum Gasteiger partial charge on any atom is -0.322 e. The van der Waals surface area contributed by atoms with Gasteiger partial charge >= 0.3 is 0 Å². The van der Waals surface area contributed by atoms with E-state index in [2.05, 4.69) is 0 Å². The molecule has 0 heterocycles. The molecule has 1 nitrogen and oxygen atoms in total. The lowest BCUT2D eigenvalue weighted by molar-refractivity contribution is 0.482. The lowest BCUT2D eigenvalue weighted by atomic mass is 10.1. The topological polar surface area (TPSA) is 26.0 Å². The smallest absolute Gasteiger partial charge is 0.117 e. The fourth-order valence-corrected chi connectivity index (χ4v) is 0.669. The maximum atomic E-state index is 12.3. The van der Waals surface area contributed by atoms with E-state index in [-0.39, 0.29) is 12.2 Å². The zero-order chi connectivity index (χ0) is 6.85. The monoisotopic (exact) mass is 131 g/mol. The standard InChI is InChI=1S/C6H7F2N/c7-4-1-2-5(8)6(9)3-4/h1-2,6H,3,9H2. The fraction of sp³-hybridized carbons (Fsp3) is 0.333. The van der Waals surface area contributed by atoms with Gasteiger partial charge in [0.1, 0.15) is 11.7 Å². The van der Waals surface area contributed by atoms with Crippen LogP contribution in [-0.2, 0) is 0 Å². The first kappa shape index (κ1) is 6.42. The van der Waals surface area contributed by atoms with E-state index < -0.39 is 11.9 Å². The predicted molar refractivity (Wildman–Crippen MR) is 31.0 cm³/mol. The summed E-state index contributed by atoms with van der Waals surface area (Å²) in [6, 6.07) is -0.769. The van der Waals surface area contributed by atoms with Crippen molar-refractivity contribution in [2.45, 2.75) is 12.5 Å². The van der Waals surface area contributed by atoms with Crippen molar-refractivity contribution in [3.63, 3.8) is 0 Å². The maximum absolute atomic E-state index is 12.3. The van der Waals surface area contributed by atoms with Crippen LogP contribution in [0.4, 0.5) is 8.78 Å². The van der Waals surface area contributed by atoms with Crippen LogP contribution in [0.2, 0.25) is 0 Å². The molecule has 1 unspecified atom stereocenters. The lowest BCUT2D eigenvalue weighted by Crippen LogP contribution is -2.22. The molecule has 0 bridgehead atoms. The summed E-state index contributed by atoms with van der Waals surface area (Å²) in [5.41, 5.74) is 5.14. The van der Waals surface area contributed by atoms with E-state index in [1.807, 2.05) is 0 Å². The number of hydrogen-bond acceptors (Lipinski definition) is 1. The Labute approximate surface area is 51.8 Å². The van der Waals surface area contributed by atoms with Crippen molar-refractivity contribution in [2.75, 3.05) is 0 Å². The molecule has 0 aliphatic heterocycles. The van der Waals surface area contributed by atoms with Crippen molar-refractivity contribution in [1.82, 2.24) is 0 Å². The second-order valence-electron chi connectivity index (χ2n) is 1.98. The summed E-state index contributed by atoms with van der Waals surface area (Å²) in [5, 5.41) is 0. The molecular weight excluding hydrogens is 124 g/mol. The zero-order valence-electron chi connectivity index (χ0n) is 4.77. The quantitative estimate of drug-likeness (QED) is 0.528. The molecule has 0 saturated heterocycles. The van der Waals surface area contributed by atoms with Crippen LogP contribution in [0, 0.1) is 0 Å². The lowest BCUT2D eigenvalue weighted by Gasteiger charge is -2.10. The summed E-state index contributed by atoms with van der Waals surface area (Å²) in [6.45, 7) is 0. The molecule has 0 fully saturated rings. The van der Waals surface area contributed by atoms with Gasteiger partial charge in [0, 0.05) is 6.42 Å². The molecule has 2 N–H and O–H groups in total. The van der Waals surface area contributed by atoms with Crippen LogP contribution < -0.4 is 5.73 Å². The maximum Gasteiger partial charge on any atom is 0.117 e. The molecule has 50 valence electrons. The van der Waals surface area contributed by atoms with Gasteiger partial charge in [0.25, 0.3) is 0 Å². The van der Waals surface area contributed by atoms with Crippen LogP contribution in [0.1, 0.15) is 6.42 Å². The van der Waals surface area contributed by atoms with Crippen LogP contribution in [0.3, 0.4) is 0 Å². The highest BCUT2D eigenvalue weighted by molar-refractivity contribution is 5.21. The average Bonchev–Trinajstić information content (AvgIpc) is 1.80. The summed E-state index contributed by atoms with van der Waals surface area (Å²) in [5.74, 6) is -0.805. The molecule has 0 radical (unpaired) electrons. The number of rotatable bonds is 0. The third-order valence-electron chi connectivity index (χ3n) is 1.19. The summed E-state index contributed by atoms with van der Waals surface area (Å²) < 4.78 is 24.5. The summed E-state index contributed by atoms with van der Waals surface area (Å²) in [6.07, 6.45) is 2.14. The number of halogens is 2. The SMILES string of the molecule is NC1CC(F)=CC=C1F. The van der Waals surface area contributed by atoms with E-state index in [1.165, 1.54) is 0 Å². The van der Waals surface area contributed by atoms with Crippen LogP contribution >= 0.6 is 0 Å². The highest BCUT2D eigenvalue weighted by Gasteiger charge is 2.14. The molecule has 1 rings (SSSR count). The Kier molecular flexibility index (Phi) is 1.62. The third-order valence-corrected chi connectivity index (χ3v) is 1.19. The molecular formula is C6H7F2N. The largest absolute Gasteiger partial charge is 0.322 e. The van der Waals surface area contributed by atoms with Gasteiger partial charge in [0.05, 0.1) is 6.04 Å². The normalized spacial score (nSPS) is 27.2. The molecule has 9 heavy (non-hydrogen) atoms. The second-order valence-corrected chi connectivity index (χ2v) is 1.98. The molecule has 3 heteroatoms. The Morgan fingerprint density at radius 2 is 2.11 bits per heavy atom. The molecule has 1 aliphatic carbocycles. The first-order chi connectivity index (χ1) is 4.20. The summed E-state index contributed by atoms with van der Waals surface area (Å²) >= 11 is 0. The number of nitrogens with two attached hydrogens (primary N) is 1. The van der Waals surface area contributed by atoms with Gasteiger partial charge in [0.2, 0.25) is 0 Å². The van der Waals surface area contributed by atoms with Crippen molar-refractivity contribution in [2.24, 2.45) is 5.73 Å². The predicted octanol–water partition coefficient (Wildman–Crippen LogP) is 1.42. The Morgan fingerprint density at radius 3 is 2.56 bits per heavy atom.